The summed E-state index contributed by atoms with van der Waals surface area (Å²) < 4.78 is 35.1. The number of sulfonamides is 1. The highest BCUT2D eigenvalue weighted by Gasteiger charge is 2.29. The molecule has 0 atom stereocenters. The van der Waals surface area contributed by atoms with Crippen molar-refractivity contribution in [1.29, 1.82) is 0 Å². The number of hydrogen-bond donors (Lipinski definition) is 0. The van der Waals surface area contributed by atoms with Crippen LogP contribution < -0.4 is 9.64 Å². The number of anilines is 1. The third-order valence-corrected chi connectivity index (χ3v) is 9.93. The van der Waals surface area contributed by atoms with E-state index in [9.17, 15) is 13.2 Å². The van der Waals surface area contributed by atoms with Crippen LogP contribution in [0, 0.1) is 0 Å². The van der Waals surface area contributed by atoms with Gasteiger partial charge in [0.2, 0.25) is 10.0 Å². The van der Waals surface area contributed by atoms with Gasteiger partial charge in [-0.3, -0.25) is 14.7 Å². The van der Waals surface area contributed by atoms with Crippen molar-refractivity contribution in [3.63, 3.8) is 0 Å². The van der Waals surface area contributed by atoms with Crippen molar-refractivity contribution < 1.29 is 17.9 Å². The Hall–Kier alpha value is -4.12. The van der Waals surface area contributed by atoms with Crippen LogP contribution in [0.3, 0.4) is 0 Å². The van der Waals surface area contributed by atoms with Crippen molar-refractivity contribution >= 4 is 42.6 Å². The van der Waals surface area contributed by atoms with Gasteiger partial charge in [-0.05, 0) is 73.0 Å². The highest BCUT2D eigenvalue weighted by Crippen LogP contribution is 2.35. The van der Waals surface area contributed by atoms with Gasteiger partial charge in [-0.25, -0.2) is 13.4 Å². The van der Waals surface area contributed by atoms with E-state index in [2.05, 4.69) is 4.98 Å². The number of nitrogens with zero attached hydrogens (tertiary/aromatic N) is 4. The molecule has 208 valence electrons. The van der Waals surface area contributed by atoms with Crippen LogP contribution in [0.5, 0.6) is 5.75 Å². The monoisotopic (exact) mass is 584 g/mol. The normalized spacial score (nSPS) is 13.6. The maximum atomic E-state index is 13.9. The Morgan fingerprint density at radius 1 is 0.976 bits per heavy atom. The fourth-order valence-electron chi connectivity index (χ4n) is 4.93. The number of pyridine rings is 1. The zero-order valence-electron chi connectivity index (χ0n) is 22.4. The van der Waals surface area contributed by atoms with Crippen LogP contribution in [0.25, 0.3) is 10.2 Å². The lowest BCUT2D eigenvalue weighted by atomic mass is 10.0. The molecule has 8 nitrogen and oxygen atoms in total. The first-order chi connectivity index (χ1) is 19.9. The molecule has 0 spiro atoms. The first-order valence-corrected chi connectivity index (χ1v) is 15.6. The van der Waals surface area contributed by atoms with Crippen molar-refractivity contribution in [1.82, 2.24) is 14.3 Å². The van der Waals surface area contributed by atoms with E-state index in [-0.39, 0.29) is 17.3 Å². The molecule has 0 aliphatic carbocycles. The Balaban J connectivity index is 1.30. The number of ether oxygens (including phenoxy) is 1. The van der Waals surface area contributed by atoms with Gasteiger partial charge in [-0.1, -0.05) is 47.7 Å². The summed E-state index contributed by atoms with van der Waals surface area (Å²) in [6, 6.07) is 25.3. The second kappa shape index (κ2) is 11.4. The van der Waals surface area contributed by atoms with Crippen LogP contribution in [0.15, 0.2) is 96.0 Å². The van der Waals surface area contributed by atoms with Crippen LogP contribution in [0.4, 0.5) is 5.13 Å². The van der Waals surface area contributed by atoms with Crippen molar-refractivity contribution in [3.05, 3.63) is 114 Å². The zero-order valence-corrected chi connectivity index (χ0v) is 24.1. The van der Waals surface area contributed by atoms with E-state index < -0.39 is 10.0 Å². The van der Waals surface area contributed by atoms with E-state index in [1.54, 1.807) is 23.2 Å². The van der Waals surface area contributed by atoms with Gasteiger partial charge in [0.05, 0.1) is 28.4 Å². The lowest BCUT2D eigenvalue weighted by molar-refractivity contribution is 0.0984. The number of para-hydroxylation sites is 1. The third-order valence-electron chi connectivity index (χ3n) is 7.03. The molecule has 3 aromatic carbocycles. The van der Waals surface area contributed by atoms with Crippen LogP contribution >= 0.6 is 11.3 Å². The number of thiazole rings is 1. The fraction of sp³-hybridized carbons (Fsp3) is 0.194. The highest BCUT2D eigenvalue weighted by molar-refractivity contribution is 7.89. The Morgan fingerprint density at radius 2 is 1.76 bits per heavy atom. The van der Waals surface area contributed by atoms with E-state index in [0.29, 0.717) is 53.8 Å². The maximum absolute atomic E-state index is 13.9. The molecule has 0 unspecified atom stereocenters. The van der Waals surface area contributed by atoms with Crippen LogP contribution in [0.1, 0.15) is 34.1 Å². The predicted octanol–water partition coefficient (Wildman–Crippen LogP) is 5.68. The number of carbonyl (C=O) groups excluding carboxylic acids is 1. The summed E-state index contributed by atoms with van der Waals surface area (Å²) in [7, 11) is -3.72. The van der Waals surface area contributed by atoms with Crippen molar-refractivity contribution in [2.75, 3.05) is 18.1 Å². The van der Waals surface area contributed by atoms with Gasteiger partial charge in [0.1, 0.15) is 11.3 Å². The molecule has 5 aromatic rings. The molecule has 2 aromatic heterocycles. The molecule has 0 saturated carbocycles. The molecule has 0 saturated heterocycles. The molecule has 1 aliphatic rings. The SMILES string of the molecule is CCOc1cccc2sc(N(Cc3ccccn3)C(=O)c3ccc(S(=O)(=O)N4CCc5ccccc5C4)cc3)nc12. The van der Waals surface area contributed by atoms with Crippen molar-refractivity contribution in [2.24, 2.45) is 0 Å². The van der Waals surface area contributed by atoms with Gasteiger partial charge in [0.25, 0.3) is 5.91 Å². The average molecular weight is 585 g/mol. The second-order valence-electron chi connectivity index (χ2n) is 9.63. The smallest absolute Gasteiger partial charge is 0.260 e. The van der Waals surface area contributed by atoms with Crippen LogP contribution in [-0.4, -0.2) is 41.7 Å². The van der Waals surface area contributed by atoms with Gasteiger partial charge in [0.15, 0.2) is 5.13 Å². The molecule has 0 radical (unpaired) electrons. The summed E-state index contributed by atoms with van der Waals surface area (Å²) >= 11 is 1.39. The Labute approximate surface area is 242 Å². The lowest BCUT2D eigenvalue weighted by Gasteiger charge is -2.28. The quantitative estimate of drug-likeness (QED) is 0.233. The molecule has 3 heterocycles. The average Bonchev–Trinajstić information content (AvgIpc) is 3.45. The molecule has 0 N–H and O–H groups in total. The summed E-state index contributed by atoms with van der Waals surface area (Å²) in [4.78, 5) is 24.8. The maximum Gasteiger partial charge on any atom is 0.260 e. The highest BCUT2D eigenvalue weighted by atomic mass is 32.2. The fourth-order valence-corrected chi connectivity index (χ4v) is 7.33. The number of aromatic nitrogens is 2. The minimum atomic E-state index is -3.72. The minimum absolute atomic E-state index is 0.158. The zero-order chi connectivity index (χ0) is 28.4. The third kappa shape index (κ3) is 5.46. The van der Waals surface area contributed by atoms with E-state index in [4.69, 9.17) is 9.72 Å². The van der Waals surface area contributed by atoms with Crippen LogP contribution in [0.2, 0.25) is 0 Å². The Morgan fingerprint density at radius 3 is 2.51 bits per heavy atom. The molecule has 10 heteroatoms. The first-order valence-electron chi connectivity index (χ1n) is 13.3. The summed E-state index contributed by atoms with van der Waals surface area (Å²) in [5.74, 6) is 0.358. The Kier molecular flexibility index (Phi) is 7.53. The van der Waals surface area contributed by atoms with Gasteiger partial charge in [-0.2, -0.15) is 4.31 Å². The predicted molar refractivity (Wildman–Crippen MR) is 160 cm³/mol. The van der Waals surface area contributed by atoms with Crippen molar-refractivity contribution in [2.45, 2.75) is 31.3 Å². The second-order valence-corrected chi connectivity index (χ2v) is 12.6. The molecule has 41 heavy (non-hydrogen) atoms. The molecule has 0 fully saturated rings. The summed E-state index contributed by atoms with van der Waals surface area (Å²) in [6.07, 6.45) is 2.35. The van der Waals surface area contributed by atoms with E-state index in [1.807, 2.05) is 67.6 Å². The molecule has 6 rings (SSSR count). The number of rotatable bonds is 8. The van der Waals surface area contributed by atoms with Gasteiger partial charge in [-0.15, -0.1) is 0 Å². The summed E-state index contributed by atoms with van der Waals surface area (Å²) in [5.41, 5.74) is 3.94. The van der Waals surface area contributed by atoms with Gasteiger partial charge < -0.3 is 4.74 Å². The number of hydrogen-bond acceptors (Lipinski definition) is 7. The number of carbonyl (C=O) groups is 1. The van der Waals surface area contributed by atoms with E-state index in [1.165, 1.54) is 33.3 Å². The summed E-state index contributed by atoms with van der Waals surface area (Å²) in [6.45, 7) is 3.37. The molecular formula is C31H28N4O4S2. The topological polar surface area (TPSA) is 92.7 Å². The largest absolute Gasteiger partial charge is 0.492 e. The summed E-state index contributed by atoms with van der Waals surface area (Å²) in [5, 5.41) is 0.506. The van der Waals surface area contributed by atoms with Gasteiger partial charge >= 0.3 is 0 Å². The Bertz CT molecular complexity index is 1810. The number of fused-ring (bicyclic) bond motifs is 2. The standard InChI is InChI=1S/C31H28N4O4S2/c1-2-39-27-11-7-12-28-29(27)33-31(40-28)35(21-25-10-5-6-18-32-25)30(36)23-13-15-26(16-14-23)41(37,38)34-19-17-22-8-3-4-9-24(22)20-34/h3-16,18H,2,17,19-21H2,1H3. The minimum Gasteiger partial charge on any atom is -0.492 e. The molecular weight excluding hydrogens is 556 g/mol. The van der Waals surface area contributed by atoms with E-state index >= 15 is 0 Å². The first kappa shape index (κ1) is 27.1. The van der Waals surface area contributed by atoms with Gasteiger partial charge in [0, 0.05) is 24.8 Å². The van der Waals surface area contributed by atoms with E-state index in [0.717, 1.165) is 10.3 Å². The molecule has 1 amide bonds. The van der Waals surface area contributed by atoms with Crippen LogP contribution in [-0.2, 0) is 29.5 Å². The molecule has 1 aliphatic heterocycles. The lowest BCUT2D eigenvalue weighted by Crippen LogP contribution is -2.36. The number of amides is 1. The molecule has 0 bridgehead atoms. The number of benzene rings is 3. The van der Waals surface area contributed by atoms with Crippen molar-refractivity contribution in [3.8, 4) is 5.75 Å².